The van der Waals surface area contributed by atoms with Crippen molar-refractivity contribution >= 4 is 0 Å². The van der Waals surface area contributed by atoms with Gasteiger partial charge in [-0.1, -0.05) is 6.08 Å². The lowest BCUT2D eigenvalue weighted by atomic mass is 10.1. The second kappa shape index (κ2) is 13.9. The van der Waals surface area contributed by atoms with Crippen molar-refractivity contribution in [3.05, 3.63) is 12.7 Å². The molecule has 6 nitrogen and oxygen atoms in total. The minimum Gasteiger partial charge on any atom is -0.394 e. The second-order valence-corrected chi connectivity index (χ2v) is 4.83. The van der Waals surface area contributed by atoms with Crippen molar-refractivity contribution in [1.29, 1.82) is 0 Å². The van der Waals surface area contributed by atoms with Gasteiger partial charge in [-0.3, -0.25) is 0 Å². The van der Waals surface area contributed by atoms with E-state index in [4.69, 9.17) is 20.3 Å². The van der Waals surface area contributed by atoms with E-state index in [1.165, 1.54) is 0 Å². The van der Waals surface area contributed by atoms with Gasteiger partial charge >= 0.3 is 0 Å². The highest BCUT2D eigenvalue weighted by Crippen LogP contribution is 1.98. The summed E-state index contributed by atoms with van der Waals surface area (Å²) in [6.07, 6.45) is 0.863. The van der Waals surface area contributed by atoms with Gasteiger partial charge in [-0.05, 0) is 20.8 Å². The van der Waals surface area contributed by atoms with E-state index in [0.29, 0.717) is 32.9 Å². The average Bonchev–Trinajstić information content (AvgIpc) is 2.34. The van der Waals surface area contributed by atoms with E-state index < -0.39 is 6.29 Å². The van der Waals surface area contributed by atoms with E-state index in [1.54, 1.807) is 6.08 Å². The van der Waals surface area contributed by atoms with Crippen molar-refractivity contribution < 1.29 is 19.7 Å². The first-order chi connectivity index (χ1) is 8.87. The molecule has 0 aromatic carbocycles. The molecule has 19 heavy (non-hydrogen) atoms. The Morgan fingerprint density at radius 2 is 2.00 bits per heavy atom. The summed E-state index contributed by atoms with van der Waals surface area (Å²) in [7, 11) is 0. The number of nitrogens with one attached hydrogen (secondary N) is 1. The van der Waals surface area contributed by atoms with Crippen LogP contribution in [-0.2, 0) is 9.47 Å². The maximum Gasteiger partial charge on any atom is 0.167 e. The van der Waals surface area contributed by atoms with Crippen LogP contribution < -0.4 is 11.1 Å². The minimum absolute atomic E-state index is 0.0124. The fourth-order valence-corrected chi connectivity index (χ4v) is 0.881. The lowest BCUT2D eigenvalue weighted by Crippen LogP contribution is -2.41. The number of hydrogen-bond acceptors (Lipinski definition) is 6. The van der Waals surface area contributed by atoms with Gasteiger partial charge in [-0.15, -0.1) is 6.58 Å². The molecule has 0 radical (unpaired) electrons. The molecule has 0 saturated heterocycles. The van der Waals surface area contributed by atoms with Gasteiger partial charge in [0, 0.05) is 18.6 Å². The van der Waals surface area contributed by atoms with Crippen molar-refractivity contribution in [1.82, 2.24) is 5.32 Å². The molecule has 0 heterocycles. The molecule has 0 aliphatic heterocycles. The van der Waals surface area contributed by atoms with Gasteiger partial charge in [0.2, 0.25) is 0 Å². The molecule has 0 aliphatic rings. The Labute approximate surface area is 116 Å². The van der Waals surface area contributed by atoms with Crippen LogP contribution in [0.4, 0.5) is 0 Å². The predicted molar refractivity (Wildman–Crippen MR) is 76.9 cm³/mol. The molecule has 6 heteroatoms. The van der Waals surface area contributed by atoms with Gasteiger partial charge in [0.05, 0.1) is 26.4 Å². The second-order valence-electron chi connectivity index (χ2n) is 4.83. The van der Waals surface area contributed by atoms with E-state index in [9.17, 15) is 5.11 Å². The lowest BCUT2D eigenvalue weighted by molar-refractivity contribution is -0.0881. The number of nitrogens with two attached hydrogens (primary N) is 1. The van der Waals surface area contributed by atoms with Crippen LogP contribution in [0, 0.1) is 0 Å². The molecule has 116 valence electrons. The highest BCUT2D eigenvalue weighted by molar-refractivity contribution is 4.71. The summed E-state index contributed by atoms with van der Waals surface area (Å²) in [6, 6.07) is 0. The number of aliphatic hydroxyl groups is 2. The van der Waals surface area contributed by atoms with Gasteiger partial charge in [-0.25, -0.2) is 0 Å². The van der Waals surface area contributed by atoms with Crippen LogP contribution in [0.2, 0.25) is 0 Å². The molecule has 1 unspecified atom stereocenters. The molecule has 0 spiro atoms. The number of β-amino-alcohol motifs (C(OH)–C–C–N with tert-alkyl or cyclic N) is 1. The molecule has 0 rings (SSSR count). The van der Waals surface area contributed by atoms with Crippen molar-refractivity contribution in [3.8, 4) is 0 Å². The lowest BCUT2D eigenvalue weighted by Gasteiger charge is -2.22. The highest BCUT2D eigenvalue weighted by Gasteiger charge is 2.11. The minimum atomic E-state index is -0.748. The Morgan fingerprint density at radius 1 is 1.37 bits per heavy atom. The Kier molecular flexibility index (Phi) is 15.2. The first kappa shape index (κ1) is 20.8. The highest BCUT2D eigenvalue weighted by atomic mass is 16.6. The summed E-state index contributed by atoms with van der Waals surface area (Å²) in [4.78, 5) is 0. The van der Waals surface area contributed by atoms with Crippen LogP contribution >= 0.6 is 0 Å². The molecule has 5 N–H and O–H groups in total. The number of ether oxygens (including phenoxy) is 2. The van der Waals surface area contributed by atoms with Gasteiger partial charge < -0.3 is 30.7 Å². The third-order valence-electron chi connectivity index (χ3n) is 1.71. The summed E-state index contributed by atoms with van der Waals surface area (Å²) in [6.45, 7) is 12.0. The third-order valence-corrected chi connectivity index (χ3v) is 1.71. The zero-order valence-corrected chi connectivity index (χ0v) is 12.4. The SMILES string of the molecule is C=CCOC(O)CNC(C)(C)C.NCCOCCO. The first-order valence-corrected chi connectivity index (χ1v) is 6.41. The summed E-state index contributed by atoms with van der Waals surface area (Å²) in [5.74, 6) is 0. The monoisotopic (exact) mass is 278 g/mol. The molecule has 0 aromatic heterocycles. The maximum atomic E-state index is 9.21. The van der Waals surface area contributed by atoms with Crippen molar-refractivity contribution in [2.75, 3.05) is 39.5 Å². The zero-order chi connectivity index (χ0) is 15.1. The molecule has 0 aromatic rings. The van der Waals surface area contributed by atoms with Gasteiger partial charge in [0.15, 0.2) is 6.29 Å². The molecule has 0 saturated carbocycles. The topological polar surface area (TPSA) is 97.0 Å². The normalized spacial score (nSPS) is 12.5. The predicted octanol–water partition coefficient (Wildman–Crippen LogP) is -0.150. The quantitative estimate of drug-likeness (QED) is 0.266. The van der Waals surface area contributed by atoms with E-state index in [0.717, 1.165) is 0 Å². The van der Waals surface area contributed by atoms with Crippen LogP contribution in [0.15, 0.2) is 12.7 Å². The van der Waals surface area contributed by atoms with Crippen LogP contribution in [0.1, 0.15) is 20.8 Å². The van der Waals surface area contributed by atoms with Crippen LogP contribution in [0.5, 0.6) is 0 Å². The molecule has 1 atom stereocenters. The maximum absolute atomic E-state index is 9.21. The summed E-state index contributed by atoms with van der Waals surface area (Å²) in [5.41, 5.74) is 5.08. The molecular formula is C13H30N2O4. The van der Waals surface area contributed by atoms with E-state index in [2.05, 4.69) is 11.9 Å². The smallest absolute Gasteiger partial charge is 0.167 e. The van der Waals surface area contributed by atoms with Crippen molar-refractivity contribution in [2.45, 2.75) is 32.6 Å². The third kappa shape index (κ3) is 23.1. The molecule has 0 bridgehead atoms. The van der Waals surface area contributed by atoms with Crippen molar-refractivity contribution in [3.63, 3.8) is 0 Å². The standard InChI is InChI=1S/C9H19NO2.C4H11NO2/c1-5-6-12-8(11)7-10-9(2,3)4;5-1-3-7-4-2-6/h5,8,10-11H,1,6-7H2,2-4H3;6H,1-5H2. The summed E-state index contributed by atoms with van der Waals surface area (Å²) < 4.78 is 9.72. The Hall–Kier alpha value is -0.500. The Morgan fingerprint density at radius 3 is 2.42 bits per heavy atom. The molecular weight excluding hydrogens is 248 g/mol. The largest absolute Gasteiger partial charge is 0.394 e. The Balaban J connectivity index is 0. The Bertz CT molecular complexity index is 192. The average molecular weight is 278 g/mol. The summed E-state index contributed by atoms with van der Waals surface area (Å²) in [5, 5.41) is 20.5. The fraction of sp³-hybridized carbons (Fsp3) is 0.846. The van der Waals surface area contributed by atoms with E-state index >= 15 is 0 Å². The first-order valence-electron chi connectivity index (χ1n) is 6.41. The summed E-state index contributed by atoms with van der Waals surface area (Å²) >= 11 is 0. The fourth-order valence-electron chi connectivity index (χ4n) is 0.881. The zero-order valence-electron chi connectivity index (χ0n) is 12.4. The molecule has 0 amide bonds. The van der Waals surface area contributed by atoms with Crippen LogP contribution in [0.3, 0.4) is 0 Å². The van der Waals surface area contributed by atoms with Crippen LogP contribution in [-0.4, -0.2) is 61.6 Å². The number of hydrogen-bond donors (Lipinski definition) is 4. The van der Waals surface area contributed by atoms with Crippen LogP contribution in [0.25, 0.3) is 0 Å². The van der Waals surface area contributed by atoms with Crippen molar-refractivity contribution in [2.24, 2.45) is 5.73 Å². The van der Waals surface area contributed by atoms with Gasteiger partial charge in [-0.2, -0.15) is 0 Å². The van der Waals surface area contributed by atoms with Gasteiger partial charge in [0.25, 0.3) is 0 Å². The van der Waals surface area contributed by atoms with Gasteiger partial charge in [0.1, 0.15) is 0 Å². The van der Waals surface area contributed by atoms with E-state index in [-0.39, 0.29) is 12.1 Å². The number of rotatable bonds is 9. The molecule has 0 fully saturated rings. The van der Waals surface area contributed by atoms with E-state index in [1.807, 2.05) is 20.8 Å². The number of aliphatic hydroxyl groups excluding tert-OH is 2. The molecule has 0 aliphatic carbocycles.